The molecule has 2 atom stereocenters. The summed E-state index contributed by atoms with van der Waals surface area (Å²) in [6.07, 6.45) is 1.23. The van der Waals surface area contributed by atoms with Crippen molar-refractivity contribution < 1.29 is 0 Å². The lowest BCUT2D eigenvalue weighted by molar-refractivity contribution is 0.183. The van der Waals surface area contributed by atoms with Gasteiger partial charge >= 0.3 is 0 Å². The Morgan fingerprint density at radius 2 is 2.19 bits per heavy atom. The molecule has 1 fully saturated rings. The summed E-state index contributed by atoms with van der Waals surface area (Å²) in [6.45, 7) is 5.59. The Labute approximate surface area is 111 Å². The molecule has 0 saturated carbocycles. The van der Waals surface area contributed by atoms with Gasteiger partial charge in [0.05, 0.1) is 0 Å². The lowest BCUT2D eigenvalue weighted by Gasteiger charge is -2.34. The van der Waals surface area contributed by atoms with Crippen LogP contribution in [-0.4, -0.2) is 22.8 Å². The first-order valence-electron chi connectivity index (χ1n) is 5.76. The van der Waals surface area contributed by atoms with E-state index in [-0.39, 0.29) is 0 Å². The Kier molecular flexibility index (Phi) is 4.28. The molecule has 0 N–H and O–H groups in total. The van der Waals surface area contributed by atoms with Gasteiger partial charge in [0.25, 0.3) is 0 Å². The number of hydrogen-bond donors (Lipinski definition) is 0. The van der Waals surface area contributed by atoms with E-state index in [0.29, 0.717) is 4.83 Å². The summed E-state index contributed by atoms with van der Waals surface area (Å²) >= 11 is 9.90. The fraction of sp³-hybridized carbons (Fsp3) is 0.538. The smallest absolute Gasteiger partial charge is 0.0451 e. The lowest BCUT2D eigenvalue weighted by atomic mass is 9.99. The van der Waals surface area contributed by atoms with E-state index >= 15 is 0 Å². The van der Waals surface area contributed by atoms with Crippen LogP contribution in [0.5, 0.6) is 0 Å². The first-order valence-corrected chi connectivity index (χ1v) is 7.06. The molecule has 0 bridgehead atoms. The minimum absolute atomic E-state index is 0.676. The third kappa shape index (κ3) is 2.99. The zero-order chi connectivity index (χ0) is 11.5. The number of hydrogen-bond acceptors (Lipinski definition) is 1. The lowest BCUT2D eigenvalue weighted by Crippen LogP contribution is -2.39. The highest BCUT2D eigenvalue weighted by molar-refractivity contribution is 9.09. The van der Waals surface area contributed by atoms with E-state index in [1.165, 1.54) is 12.0 Å². The molecular formula is C13H17BrClN. The van der Waals surface area contributed by atoms with Crippen LogP contribution in [0, 0.1) is 5.92 Å². The van der Waals surface area contributed by atoms with E-state index in [0.717, 1.165) is 30.6 Å². The quantitative estimate of drug-likeness (QED) is 0.748. The summed E-state index contributed by atoms with van der Waals surface area (Å²) in [7, 11) is 0. The van der Waals surface area contributed by atoms with Crippen LogP contribution in [0.4, 0.5) is 0 Å². The summed E-state index contributed by atoms with van der Waals surface area (Å²) in [5.74, 6) is 0.719. The molecule has 1 aromatic carbocycles. The molecule has 1 saturated heterocycles. The number of nitrogens with zero attached hydrogens (tertiary/aromatic N) is 1. The van der Waals surface area contributed by atoms with Gasteiger partial charge in [0.15, 0.2) is 0 Å². The molecule has 0 aromatic heterocycles. The molecule has 0 aliphatic carbocycles. The van der Waals surface area contributed by atoms with Gasteiger partial charge in [-0.25, -0.2) is 0 Å². The first kappa shape index (κ1) is 12.4. The Balaban J connectivity index is 1.98. The molecule has 2 rings (SSSR count). The summed E-state index contributed by atoms with van der Waals surface area (Å²) in [6, 6.07) is 8.13. The van der Waals surface area contributed by atoms with E-state index < -0.39 is 0 Å². The Bertz CT molecular complexity index is 356. The van der Waals surface area contributed by atoms with Crippen molar-refractivity contribution in [1.29, 1.82) is 0 Å². The zero-order valence-electron chi connectivity index (χ0n) is 9.50. The summed E-state index contributed by atoms with van der Waals surface area (Å²) in [5, 5.41) is 0.885. The van der Waals surface area contributed by atoms with Gasteiger partial charge in [0.1, 0.15) is 0 Å². The van der Waals surface area contributed by atoms with E-state index in [9.17, 15) is 0 Å². The number of likely N-dealkylation sites (tertiary alicyclic amines) is 1. The monoisotopic (exact) mass is 301 g/mol. The van der Waals surface area contributed by atoms with Gasteiger partial charge in [-0.3, -0.25) is 4.90 Å². The number of benzene rings is 1. The first-order chi connectivity index (χ1) is 7.66. The van der Waals surface area contributed by atoms with E-state index in [1.54, 1.807) is 0 Å². The van der Waals surface area contributed by atoms with Crippen LogP contribution in [0.3, 0.4) is 0 Å². The molecule has 1 aliphatic rings. The Morgan fingerprint density at radius 3 is 2.88 bits per heavy atom. The van der Waals surface area contributed by atoms with Gasteiger partial charge in [0.2, 0.25) is 0 Å². The topological polar surface area (TPSA) is 3.24 Å². The van der Waals surface area contributed by atoms with Gasteiger partial charge in [-0.05, 0) is 30.5 Å². The fourth-order valence-electron chi connectivity index (χ4n) is 2.21. The van der Waals surface area contributed by atoms with Crippen molar-refractivity contribution in [3.05, 3.63) is 34.9 Å². The normalized spacial score (nSPS) is 26.9. The van der Waals surface area contributed by atoms with Gasteiger partial charge < -0.3 is 0 Å². The fourth-order valence-corrected chi connectivity index (χ4v) is 2.78. The number of alkyl halides is 1. The number of rotatable bonds is 2. The van der Waals surface area contributed by atoms with Crippen LogP contribution in [0.25, 0.3) is 0 Å². The van der Waals surface area contributed by atoms with Crippen LogP contribution in [0.1, 0.15) is 18.9 Å². The maximum atomic E-state index is 6.17. The van der Waals surface area contributed by atoms with E-state index in [1.807, 2.05) is 12.1 Å². The molecule has 3 heteroatoms. The molecular weight excluding hydrogens is 286 g/mol. The summed E-state index contributed by atoms with van der Waals surface area (Å²) < 4.78 is 0. The second kappa shape index (κ2) is 5.52. The maximum Gasteiger partial charge on any atom is 0.0451 e. The highest BCUT2D eigenvalue weighted by Crippen LogP contribution is 2.25. The average molecular weight is 303 g/mol. The molecule has 1 aromatic rings. The van der Waals surface area contributed by atoms with Gasteiger partial charge in [-0.15, -0.1) is 0 Å². The van der Waals surface area contributed by atoms with E-state index in [2.05, 4.69) is 39.9 Å². The largest absolute Gasteiger partial charge is 0.299 e. The molecule has 0 amide bonds. The molecule has 16 heavy (non-hydrogen) atoms. The predicted molar refractivity (Wildman–Crippen MR) is 73.2 cm³/mol. The average Bonchev–Trinajstić information content (AvgIpc) is 2.27. The minimum Gasteiger partial charge on any atom is -0.299 e. The number of piperidine rings is 1. The second-order valence-corrected chi connectivity index (χ2v) is 6.19. The van der Waals surface area contributed by atoms with Crippen molar-refractivity contribution in [2.45, 2.75) is 24.7 Å². The van der Waals surface area contributed by atoms with Crippen LogP contribution < -0.4 is 0 Å². The van der Waals surface area contributed by atoms with Crippen molar-refractivity contribution in [2.24, 2.45) is 5.92 Å². The van der Waals surface area contributed by atoms with Gasteiger partial charge in [0, 0.05) is 22.9 Å². The van der Waals surface area contributed by atoms with Crippen molar-refractivity contribution in [2.75, 3.05) is 13.1 Å². The van der Waals surface area contributed by atoms with Crippen molar-refractivity contribution in [3.63, 3.8) is 0 Å². The highest BCUT2D eigenvalue weighted by Gasteiger charge is 2.23. The molecule has 88 valence electrons. The van der Waals surface area contributed by atoms with Crippen molar-refractivity contribution in [3.8, 4) is 0 Å². The predicted octanol–water partition coefficient (Wildman–Crippen LogP) is 3.95. The molecule has 1 aliphatic heterocycles. The molecule has 0 radical (unpaired) electrons. The van der Waals surface area contributed by atoms with Crippen LogP contribution in [0.15, 0.2) is 24.3 Å². The van der Waals surface area contributed by atoms with Crippen molar-refractivity contribution in [1.82, 2.24) is 4.90 Å². The van der Waals surface area contributed by atoms with Gasteiger partial charge in [-0.1, -0.05) is 52.7 Å². The van der Waals surface area contributed by atoms with Crippen LogP contribution >= 0.6 is 27.5 Å². The van der Waals surface area contributed by atoms with Gasteiger partial charge in [-0.2, -0.15) is 0 Å². The molecule has 2 unspecified atom stereocenters. The maximum absolute atomic E-state index is 6.17. The standard InChI is InChI=1S/C13H17BrClN/c1-10-8-16(7-6-12(10)14)9-11-4-2-3-5-13(11)15/h2-5,10,12H,6-9H2,1H3. The van der Waals surface area contributed by atoms with Crippen LogP contribution in [-0.2, 0) is 6.54 Å². The van der Waals surface area contributed by atoms with E-state index in [4.69, 9.17) is 11.6 Å². The zero-order valence-corrected chi connectivity index (χ0v) is 11.8. The summed E-state index contributed by atoms with van der Waals surface area (Å²) in [5.41, 5.74) is 1.24. The van der Waals surface area contributed by atoms with Crippen LogP contribution in [0.2, 0.25) is 5.02 Å². The second-order valence-electron chi connectivity index (χ2n) is 4.61. The third-order valence-electron chi connectivity index (χ3n) is 3.24. The summed E-state index contributed by atoms with van der Waals surface area (Å²) in [4.78, 5) is 3.17. The Hall–Kier alpha value is -0.0500. The SMILES string of the molecule is CC1CN(Cc2ccccc2Cl)CCC1Br. The molecule has 1 nitrogen and oxygen atoms in total. The molecule has 0 spiro atoms. The minimum atomic E-state index is 0.676. The highest BCUT2D eigenvalue weighted by atomic mass is 79.9. The Morgan fingerprint density at radius 1 is 1.44 bits per heavy atom. The third-order valence-corrected chi connectivity index (χ3v) is 4.97. The van der Waals surface area contributed by atoms with Crippen molar-refractivity contribution >= 4 is 27.5 Å². The number of halogens is 2. The molecule has 1 heterocycles.